The zero-order valence-corrected chi connectivity index (χ0v) is 15.1. The normalized spacial score (nSPS) is 19.3. The lowest BCUT2D eigenvalue weighted by Gasteiger charge is -2.28. The van der Waals surface area contributed by atoms with Gasteiger partial charge in [-0.15, -0.1) is 10.2 Å². The fourth-order valence-corrected chi connectivity index (χ4v) is 4.22. The van der Waals surface area contributed by atoms with Crippen LogP contribution in [0, 0.1) is 11.8 Å². The van der Waals surface area contributed by atoms with Crippen LogP contribution in [0.25, 0.3) is 0 Å². The van der Waals surface area contributed by atoms with E-state index in [1.807, 2.05) is 0 Å². The van der Waals surface area contributed by atoms with Gasteiger partial charge in [-0.25, -0.2) is 0 Å². The predicted octanol–water partition coefficient (Wildman–Crippen LogP) is 4.87. The number of nitrogens with one attached hydrogen (secondary N) is 1. The van der Waals surface area contributed by atoms with Crippen LogP contribution in [0.3, 0.4) is 0 Å². The van der Waals surface area contributed by atoms with E-state index in [4.69, 9.17) is 0 Å². The second kappa shape index (κ2) is 7.92. The molecule has 1 aliphatic rings. The fourth-order valence-electron chi connectivity index (χ4n) is 2.90. The van der Waals surface area contributed by atoms with E-state index in [9.17, 15) is 18.0 Å². The summed E-state index contributed by atoms with van der Waals surface area (Å²) in [6.07, 6.45) is 2.24. The molecule has 0 bridgehead atoms. The first-order valence-electron chi connectivity index (χ1n) is 7.63. The Kier molecular flexibility index (Phi) is 6.41. The fraction of sp³-hybridized carbons (Fsp3) is 0.786. The van der Waals surface area contributed by atoms with Crippen LogP contribution < -0.4 is 5.32 Å². The lowest BCUT2D eigenvalue weighted by atomic mass is 9.79. The Balaban J connectivity index is 1.85. The lowest BCUT2D eigenvalue weighted by Crippen LogP contribution is -2.27. The summed E-state index contributed by atoms with van der Waals surface area (Å²) in [6.45, 7) is 2.13. The van der Waals surface area contributed by atoms with E-state index in [-0.39, 0.29) is 11.0 Å². The topological polar surface area (TPSA) is 54.9 Å². The highest BCUT2D eigenvalue weighted by Gasteiger charge is 2.36. The molecule has 2 rings (SSSR count). The van der Waals surface area contributed by atoms with Crippen molar-refractivity contribution in [2.75, 3.05) is 5.32 Å². The quantitative estimate of drug-likeness (QED) is 0.700. The molecule has 0 aliphatic heterocycles. The summed E-state index contributed by atoms with van der Waals surface area (Å²) in [6, 6.07) is 0. The van der Waals surface area contributed by atoms with E-state index in [2.05, 4.69) is 38.4 Å². The summed E-state index contributed by atoms with van der Waals surface area (Å²) in [7, 11) is 0. The van der Waals surface area contributed by atoms with E-state index in [1.165, 1.54) is 32.1 Å². The monoisotopic (exact) mass is 413 g/mol. The van der Waals surface area contributed by atoms with Gasteiger partial charge in [-0.3, -0.25) is 10.1 Å². The molecule has 23 heavy (non-hydrogen) atoms. The average molecular weight is 414 g/mol. The Morgan fingerprint density at radius 2 is 2.00 bits per heavy atom. The van der Waals surface area contributed by atoms with Gasteiger partial charge in [0.1, 0.15) is 0 Å². The Labute approximate surface area is 145 Å². The van der Waals surface area contributed by atoms with Gasteiger partial charge in [0.25, 0.3) is 0 Å². The molecule has 130 valence electrons. The zero-order valence-electron chi connectivity index (χ0n) is 12.7. The van der Waals surface area contributed by atoms with Crippen LogP contribution in [0.15, 0.2) is 0 Å². The third kappa shape index (κ3) is 5.41. The van der Waals surface area contributed by atoms with Crippen LogP contribution in [0.5, 0.6) is 0 Å². The van der Waals surface area contributed by atoms with Crippen LogP contribution in [0.1, 0.15) is 50.5 Å². The molecule has 2 atom stereocenters. The Morgan fingerprint density at radius 3 is 2.57 bits per heavy atom. The van der Waals surface area contributed by atoms with Crippen molar-refractivity contribution in [1.29, 1.82) is 0 Å². The van der Waals surface area contributed by atoms with Crippen LogP contribution in [0.4, 0.5) is 18.3 Å². The molecule has 0 aromatic carbocycles. The first-order valence-corrected chi connectivity index (χ1v) is 9.36. The number of carbonyl (C=O) groups is 1. The summed E-state index contributed by atoms with van der Waals surface area (Å²) < 4.78 is 37.4. The van der Waals surface area contributed by atoms with Gasteiger partial charge in [-0.05, 0) is 18.3 Å². The third-order valence-electron chi connectivity index (χ3n) is 4.22. The molecule has 1 saturated carbocycles. The van der Waals surface area contributed by atoms with Crippen LogP contribution in [-0.4, -0.2) is 20.9 Å². The second-order valence-corrected chi connectivity index (χ2v) is 8.06. The van der Waals surface area contributed by atoms with E-state index < -0.39 is 16.0 Å². The van der Waals surface area contributed by atoms with Crippen molar-refractivity contribution >= 4 is 38.3 Å². The van der Waals surface area contributed by atoms with E-state index in [1.54, 1.807) is 0 Å². The minimum atomic E-state index is -4.54. The van der Waals surface area contributed by atoms with Crippen molar-refractivity contribution in [3.8, 4) is 0 Å². The number of hydrogen-bond acceptors (Lipinski definition) is 4. The lowest BCUT2D eigenvalue weighted by molar-refractivity contribution is -0.138. The number of amides is 1. The molecule has 0 radical (unpaired) electrons. The molecule has 1 amide bonds. The molecular weight excluding hydrogens is 395 g/mol. The van der Waals surface area contributed by atoms with Crippen LogP contribution in [-0.2, 0) is 11.0 Å². The molecule has 2 unspecified atom stereocenters. The maximum Gasteiger partial charge on any atom is 0.445 e. The molecule has 0 saturated heterocycles. The molecule has 1 aromatic heterocycles. The molecule has 4 nitrogen and oxygen atoms in total. The van der Waals surface area contributed by atoms with E-state index in [0.29, 0.717) is 29.6 Å². The Hall–Kier alpha value is -0.700. The molecule has 1 aliphatic carbocycles. The second-order valence-electron chi connectivity index (χ2n) is 5.98. The predicted molar refractivity (Wildman–Crippen MR) is 86.6 cm³/mol. The molecule has 0 spiro atoms. The highest BCUT2D eigenvalue weighted by Crippen LogP contribution is 2.35. The zero-order chi connectivity index (χ0) is 17.0. The number of hydrogen-bond donors (Lipinski definition) is 1. The minimum absolute atomic E-state index is 0.128. The number of halogens is 4. The third-order valence-corrected chi connectivity index (χ3v) is 5.89. The van der Waals surface area contributed by atoms with Gasteiger partial charge in [0.05, 0.1) is 4.83 Å². The van der Waals surface area contributed by atoms with Gasteiger partial charge in [-0.2, -0.15) is 13.2 Å². The molecule has 1 aromatic rings. The SMILES string of the molecule is CC(CC(Br)C(=O)Nc1nnc(C(F)(F)F)s1)C1CCCCC1. The summed E-state index contributed by atoms with van der Waals surface area (Å²) in [5, 5.41) is 7.63. The van der Waals surface area contributed by atoms with Gasteiger partial charge in [0.2, 0.25) is 16.0 Å². The molecule has 9 heteroatoms. The van der Waals surface area contributed by atoms with E-state index in [0.717, 1.165) is 0 Å². The first-order chi connectivity index (χ1) is 10.8. The summed E-state index contributed by atoms with van der Waals surface area (Å²) in [4.78, 5) is 11.6. The highest BCUT2D eigenvalue weighted by atomic mass is 79.9. The van der Waals surface area contributed by atoms with Crippen LogP contribution >= 0.6 is 27.3 Å². The molecule has 1 heterocycles. The summed E-state index contributed by atoms with van der Waals surface area (Å²) >= 11 is 3.67. The largest absolute Gasteiger partial charge is 0.445 e. The smallest absolute Gasteiger partial charge is 0.300 e. The van der Waals surface area contributed by atoms with Gasteiger partial charge >= 0.3 is 6.18 Å². The Morgan fingerprint density at radius 1 is 1.35 bits per heavy atom. The van der Waals surface area contributed by atoms with Crippen LogP contribution in [0.2, 0.25) is 0 Å². The number of anilines is 1. The van der Waals surface area contributed by atoms with Crippen molar-refractivity contribution < 1.29 is 18.0 Å². The maximum absolute atomic E-state index is 12.5. The molecule has 1 N–H and O–H groups in total. The number of carbonyl (C=O) groups excluding carboxylic acids is 1. The standard InChI is InChI=1S/C14H19BrF3N3OS/c1-8(9-5-3-2-4-6-9)7-10(15)11(22)19-13-21-20-12(23-13)14(16,17)18/h8-10H,2-7H2,1H3,(H,19,21,22). The maximum atomic E-state index is 12.5. The van der Waals surface area contributed by atoms with Crippen molar-refractivity contribution in [3.63, 3.8) is 0 Å². The van der Waals surface area contributed by atoms with Gasteiger partial charge in [-0.1, -0.05) is 66.3 Å². The van der Waals surface area contributed by atoms with E-state index >= 15 is 0 Å². The number of aromatic nitrogens is 2. The molecular formula is C14H19BrF3N3OS. The summed E-state index contributed by atoms with van der Waals surface area (Å²) in [5.41, 5.74) is 0. The van der Waals surface area contributed by atoms with Crippen molar-refractivity contribution in [2.24, 2.45) is 11.8 Å². The van der Waals surface area contributed by atoms with Crippen molar-refractivity contribution in [1.82, 2.24) is 10.2 Å². The van der Waals surface area contributed by atoms with Gasteiger partial charge in [0, 0.05) is 0 Å². The first kappa shape index (κ1) is 18.6. The number of rotatable bonds is 5. The van der Waals surface area contributed by atoms with Crippen molar-refractivity contribution in [2.45, 2.75) is 56.5 Å². The number of nitrogens with zero attached hydrogens (tertiary/aromatic N) is 2. The number of alkyl halides is 4. The average Bonchev–Trinajstić information content (AvgIpc) is 2.96. The minimum Gasteiger partial charge on any atom is -0.300 e. The molecule has 1 fully saturated rings. The van der Waals surface area contributed by atoms with Crippen molar-refractivity contribution in [3.05, 3.63) is 5.01 Å². The van der Waals surface area contributed by atoms with Gasteiger partial charge in [0.15, 0.2) is 0 Å². The Bertz CT molecular complexity index is 532. The highest BCUT2D eigenvalue weighted by molar-refractivity contribution is 9.10. The van der Waals surface area contributed by atoms with Gasteiger partial charge < -0.3 is 0 Å². The summed E-state index contributed by atoms with van der Waals surface area (Å²) in [5.74, 6) is 0.637.